The first-order chi connectivity index (χ1) is 16.0. The third-order valence-corrected chi connectivity index (χ3v) is 6.84. The second kappa shape index (κ2) is 9.05. The Kier molecular flexibility index (Phi) is 5.96. The summed E-state index contributed by atoms with van der Waals surface area (Å²) in [5, 5.41) is 0. The van der Waals surface area contributed by atoms with E-state index in [9.17, 15) is 14.0 Å². The molecular weight excluding hydrogens is 463 g/mol. The topological polar surface area (TPSA) is 67.2 Å². The maximum absolute atomic E-state index is 13.4. The molecule has 33 heavy (non-hydrogen) atoms. The minimum atomic E-state index is -0.344. The molecule has 0 radical (unpaired) electrons. The van der Waals surface area contributed by atoms with Gasteiger partial charge in [0.2, 0.25) is 0 Å². The van der Waals surface area contributed by atoms with Crippen LogP contribution in [-0.4, -0.2) is 50.8 Å². The first-order valence-electron chi connectivity index (χ1n) is 10.4. The summed E-state index contributed by atoms with van der Waals surface area (Å²) in [5.74, 6) is -0.109. The number of benzene rings is 1. The van der Waals surface area contributed by atoms with Crippen LogP contribution in [0.3, 0.4) is 0 Å². The lowest BCUT2D eigenvalue weighted by Crippen LogP contribution is -2.38. The molecule has 0 unspecified atom stereocenters. The van der Waals surface area contributed by atoms with Crippen LogP contribution in [0.2, 0.25) is 0 Å². The largest absolute Gasteiger partial charge is 0.378 e. The highest BCUT2D eigenvalue weighted by Gasteiger charge is 2.33. The molecule has 2 aliphatic heterocycles. The van der Waals surface area contributed by atoms with Crippen molar-refractivity contribution in [2.45, 2.75) is 6.54 Å². The molecule has 0 aliphatic carbocycles. The van der Waals surface area contributed by atoms with E-state index in [0.717, 1.165) is 17.3 Å². The second-order valence-electron chi connectivity index (χ2n) is 7.58. The molecule has 2 aromatic heterocycles. The van der Waals surface area contributed by atoms with Crippen LogP contribution in [0.15, 0.2) is 58.4 Å². The predicted molar refractivity (Wildman–Crippen MR) is 130 cm³/mol. The van der Waals surface area contributed by atoms with E-state index >= 15 is 0 Å². The van der Waals surface area contributed by atoms with Crippen LogP contribution in [0, 0.1) is 5.82 Å². The molecule has 5 rings (SSSR count). The summed E-state index contributed by atoms with van der Waals surface area (Å²) in [6.45, 7) is 2.50. The van der Waals surface area contributed by atoms with Crippen LogP contribution in [0.25, 0.3) is 11.7 Å². The fourth-order valence-corrected chi connectivity index (χ4v) is 5.01. The van der Waals surface area contributed by atoms with Gasteiger partial charge in [-0.25, -0.2) is 9.37 Å². The Hall–Kier alpha value is -3.08. The molecule has 2 aliphatic rings. The van der Waals surface area contributed by atoms with Gasteiger partial charge in [-0.1, -0.05) is 42.2 Å². The van der Waals surface area contributed by atoms with E-state index in [1.54, 1.807) is 36.5 Å². The quantitative estimate of drug-likeness (QED) is 0.418. The molecule has 0 bridgehead atoms. The number of morpholine rings is 1. The number of pyridine rings is 1. The number of carbonyl (C=O) groups excluding carboxylic acids is 1. The standard InChI is InChI=1S/C23H19FN4O3S2/c24-16-6-4-15(5-7-16)14-28-22(30)18(33-23(28)32)13-17-20(26-9-11-31-12-10-26)25-19-3-1-2-8-27(19)21(17)29/h1-8,13H,9-12,14H2. The number of hydrogen-bond acceptors (Lipinski definition) is 7. The van der Waals surface area contributed by atoms with Gasteiger partial charge in [0, 0.05) is 19.3 Å². The average Bonchev–Trinajstić information content (AvgIpc) is 3.10. The van der Waals surface area contributed by atoms with E-state index in [0.29, 0.717) is 52.6 Å². The van der Waals surface area contributed by atoms with Crippen molar-refractivity contribution in [1.82, 2.24) is 14.3 Å². The molecule has 0 N–H and O–H groups in total. The highest BCUT2D eigenvalue weighted by Crippen LogP contribution is 2.34. The zero-order valence-electron chi connectivity index (χ0n) is 17.4. The van der Waals surface area contributed by atoms with Crippen LogP contribution < -0.4 is 10.5 Å². The molecule has 168 valence electrons. The molecule has 3 aromatic rings. The number of amides is 1. The lowest BCUT2D eigenvalue weighted by Gasteiger charge is -2.29. The van der Waals surface area contributed by atoms with Crippen molar-refractivity contribution >= 4 is 51.7 Å². The van der Waals surface area contributed by atoms with Crippen LogP contribution in [0.1, 0.15) is 11.1 Å². The van der Waals surface area contributed by atoms with Gasteiger partial charge < -0.3 is 9.64 Å². The molecule has 2 fully saturated rings. The molecule has 2 saturated heterocycles. The molecule has 10 heteroatoms. The molecule has 7 nitrogen and oxygen atoms in total. The number of rotatable bonds is 4. The lowest BCUT2D eigenvalue weighted by molar-refractivity contribution is -0.122. The first kappa shape index (κ1) is 21.7. The Morgan fingerprint density at radius 1 is 1.12 bits per heavy atom. The normalized spacial score (nSPS) is 18.0. The average molecular weight is 483 g/mol. The summed E-state index contributed by atoms with van der Waals surface area (Å²) in [4.78, 5) is 35.1. The maximum atomic E-state index is 13.4. The molecule has 1 amide bonds. The Morgan fingerprint density at radius 3 is 2.64 bits per heavy atom. The number of halogens is 1. The van der Waals surface area contributed by atoms with Crippen LogP contribution >= 0.6 is 24.0 Å². The van der Waals surface area contributed by atoms with Crippen molar-refractivity contribution in [2.24, 2.45) is 0 Å². The van der Waals surface area contributed by atoms with E-state index < -0.39 is 0 Å². The van der Waals surface area contributed by atoms with Gasteiger partial charge in [-0.05, 0) is 35.9 Å². The fourth-order valence-electron chi connectivity index (χ4n) is 3.77. The van der Waals surface area contributed by atoms with Crippen molar-refractivity contribution in [3.63, 3.8) is 0 Å². The summed E-state index contributed by atoms with van der Waals surface area (Å²) in [7, 11) is 0. The zero-order valence-corrected chi connectivity index (χ0v) is 19.1. The number of thiocarbonyl (C=S) groups is 1. The Bertz CT molecular complexity index is 1330. The van der Waals surface area contributed by atoms with Crippen molar-refractivity contribution in [2.75, 3.05) is 31.2 Å². The van der Waals surface area contributed by atoms with Crippen molar-refractivity contribution in [3.05, 3.63) is 80.9 Å². The maximum Gasteiger partial charge on any atom is 0.267 e. The SMILES string of the molecule is O=C1C(=Cc2c(N3CCOCC3)nc3ccccn3c2=O)SC(=S)N1Cc1ccc(F)cc1. The third kappa shape index (κ3) is 4.29. The fraction of sp³-hybridized carbons (Fsp3) is 0.217. The molecule has 4 heterocycles. The van der Waals surface area contributed by atoms with Gasteiger partial charge in [-0.15, -0.1) is 0 Å². The third-order valence-electron chi connectivity index (χ3n) is 5.46. The molecule has 0 spiro atoms. The minimum Gasteiger partial charge on any atom is -0.378 e. The highest BCUT2D eigenvalue weighted by atomic mass is 32.2. The minimum absolute atomic E-state index is 0.230. The summed E-state index contributed by atoms with van der Waals surface area (Å²) < 4.78 is 20.5. The monoisotopic (exact) mass is 482 g/mol. The molecule has 0 atom stereocenters. The van der Waals surface area contributed by atoms with Crippen LogP contribution in [0.5, 0.6) is 0 Å². The van der Waals surface area contributed by atoms with E-state index in [4.69, 9.17) is 21.9 Å². The van der Waals surface area contributed by atoms with Gasteiger partial charge in [0.05, 0.1) is 30.2 Å². The van der Waals surface area contributed by atoms with E-state index in [-0.39, 0.29) is 23.8 Å². The van der Waals surface area contributed by atoms with Gasteiger partial charge in [-0.2, -0.15) is 0 Å². The second-order valence-corrected chi connectivity index (χ2v) is 9.25. The number of thioether (sulfide) groups is 1. The number of fused-ring (bicyclic) bond motifs is 1. The number of ether oxygens (including phenoxy) is 1. The predicted octanol–water partition coefficient (Wildman–Crippen LogP) is 3.07. The van der Waals surface area contributed by atoms with Gasteiger partial charge in [-0.3, -0.25) is 18.9 Å². The number of anilines is 1. The van der Waals surface area contributed by atoms with Gasteiger partial charge in [0.1, 0.15) is 21.6 Å². The molecular formula is C23H19FN4O3S2. The number of aromatic nitrogens is 2. The summed E-state index contributed by atoms with van der Waals surface area (Å²) >= 11 is 6.58. The summed E-state index contributed by atoms with van der Waals surface area (Å²) in [6, 6.07) is 11.3. The molecule has 1 aromatic carbocycles. The Balaban J connectivity index is 1.54. The summed E-state index contributed by atoms with van der Waals surface area (Å²) in [5.41, 5.74) is 1.37. The van der Waals surface area contributed by atoms with Crippen LogP contribution in [-0.2, 0) is 16.1 Å². The van der Waals surface area contributed by atoms with Gasteiger partial charge in [0.15, 0.2) is 0 Å². The zero-order chi connectivity index (χ0) is 22.9. The van der Waals surface area contributed by atoms with Gasteiger partial charge >= 0.3 is 0 Å². The van der Waals surface area contributed by atoms with Crippen LogP contribution in [0.4, 0.5) is 10.2 Å². The molecule has 0 saturated carbocycles. The van der Waals surface area contributed by atoms with Crippen molar-refractivity contribution in [3.8, 4) is 0 Å². The Labute approximate surface area is 198 Å². The van der Waals surface area contributed by atoms with Gasteiger partial charge in [0.25, 0.3) is 11.5 Å². The number of carbonyl (C=O) groups is 1. The van der Waals surface area contributed by atoms with E-state index in [1.807, 2.05) is 11.0 Å². The number of nitrogens with zero attached hydrogens (tertiary/aromatic N) is 4. The summed E-state index contributed by atoms with van der Waals surface area (Å²) in [6.07, 6.45) is 3.24. The van der Waals surface area contributed by atoms with Crippen molar-refractivity contribution < 1.29 is 13.9 Å². The van der Waals surface area contributed by atoms with Crippen molar-refractivity contribution in [1.29, 1.82) is 0 Å². The number of hydrogen-bond donors (Lipinski definition) is 0. The lowest BCUT2D eigenvalue weighted by atomic mass is 10.2. The first-order valence-corrected chi connectivity index (χ1v) is 11.6. The van der Waals surface area contributed by atoms with E-state index in [1.165, 1.54) is 21.4 Å². The smallest absolute Gasteiger partial charge is 0.267 e. The highest BCUT2D eigenvalue weighted by molar-refractivity contribution is 8.26. The van der Waals surface area contributed by atoms with E-state index in [2.05, 4.69) is 0 Å². The Morgan fingerprint density at radius 2 is 1.88 bits per heavy atom.